The Balaban J connectivity index is 1.90. The Morgan fingerprint density at radius 1 is 1.30 bits per heavy atom. The van der Waals surface area contributed by atoms with E-state index >= 15 is 0 Å². The zero-order valence-corrected chi connectivity index (χ0v) is 17.3. The number of carbonyl (C=O) groups excluding carboxylic acids is 2. The van der Waals surface area contributed by atoms with E-state index in [1.165, 1.54) is 19.2 Å². The topological polar surface area (TPSA) is 68.5 Å². The summed E-state index contributed by atoms with van der Waals surface area (Å²) in [4.78, 5) is 25.4. The summed E-state index contributed by atoms with van der Waals surface area (Å²) in [5, 5.41) is 2.68. The number of fused-ring (bicyclic) bond motifs is 1. The number of rotatable bonds is 5. The van der Waals surface area contributed by atoms with Crippen LogP contribution in [0.2, 0.25) is 0 Å². The fourth-order valence-corrected chi connectivity index (χ4v) is 3.84. The van der Waals surface area contributed by atoms with E-state index in [2.05, 4.69) is 5.32 Å². The molecule has 2 aromatic rings. The van der Waals surface area contributed by atoms with Crippen LogP contribution in [0.3, 0.4) is 0 Å². The highest BCUT2D eigenvalue weighted by Gasteiger charge is 2.37. The molecule has 1 N–H and O–H groups in total. The van der Waals surface area contributed by atoms with Crippen molar-refractivity contribution in [1.82, 2.24) is 5.32 Å². The number of amides is 1. The van der Waals surface area contributed by atoms with E-state index < -0.39 is 23.7 Å². The second-order valence-corrected chi connectivity index (χ2v) is 8.40. The van der Waals surface area contributed by atoms with Crippen molar-refractivity contribution in [1.29, 1.82) is 0 Å². The number of nitrogens with one attached hydrogen (secondary N) is 1. The van der Waals surface area contributed by atoms with Crippen LogP contribution in [0.4, 0.5) is 13.2 Å². The van der Waals surface area contributed by atoms with E-state index in [9.17, 15) is 22.8 Å². The highest BCUT2D eigenvalue weighted by Crippen LogP contribution is 2.38. The molecular weight excluding hydrogens is 399 g/mol. The van der Waals surface area contributed by atoms with Gasteiger partial charge in [-0.1, -0.05) is 26.0 Å². The van der Waals surface area contributed by atoms with Gasteiger partial charge in [-0.05, 0) is 30.0 Å². The first-order valence-corrected chi connectivity index (χ1v) is 9.55. The van der Waals surface area contributed by atoms with Crippen LogP contribution in [0.1, 0.15) is 69.7 Å². The molecule has 0 saturated heterocycles. The van der Waals surface area contributed by atoms with Crippen LogP contribution >= 0.6 is 0 Å². The molecule has 3 rings (SSSR count). The summed E-state index contributed by atoms with van der Waals surface area (Å²) in [5.41, 5.74) is 0.0581. The van der Waals surface area contributed by atoms with Gasteiger partial charge in [-0.25, -0.2) is 0 Å². The van der Waals surface area contributed by atoms with Crippen molar-refractivity contribution < 1.29 is 31.9 Å². The predicted octanol–water partition coefficient (Wildman–Crippen LogP) is 4.88. The van der Waals surface area contributed by atoms with E-state index in [1.54, 1.807) is 6.92 Å². The van der Waals surface area contributed by atoms with Gasteiger partial charge in [0.2, 0.25) is 0 Å². The number of hydrogen-bond donors (Lipinski definition) is 1. The number of benzene rings is 1. The van der Waals surface area contributed by atoms with Crippen molar-refractivity contribution in [2.75, 3.05) is 13.7 Å². The first-order valence-electron chi connectivity index (χ1n) is 9.55. The predicted molar refractivity (Wildman–Crippen MR) is 103 cm³/mol. The van der Waals surface area contributed by atoms with Gasteiger partial charge >= 0.3 is 6.18 Å². The van der Waals surface area contributed by atoms with E-state index in [4.69, 9.17) is 9.15 Å². The minimum absolute atomic E-state index is 0.000806. The third kappa shape index (κ3) is 4.43. The van der Waals surface area contributed by atoms with Gasteiger partial charge in [0.1, 0.15) is 5.76 Å². The molecule has 0 spiro atoms. The van der Waals surface area contributed by atoms with Crippen molar-refractivity contribution in [3.63, 3.8) is 0 Å². The van der Waals surface area contributed by atoms with Gasteiger partial charge in [0.05, 0.1) is 23.8 Å². The molecule has 0 radical (unpaired) electrons. The number of ketones is 1. The molecule has 1 unspecified atom stereocenters. The number of Topliss-reactive ketones (excluding diaryl/α,β-unsaturated/α-hetero) is 1. The van der Waals surface area contributed by atoms with Gasteiger partial charge in [0.15, 0.2) is 11.5 Å². The maximum Gasteiger partial charge on any atom is 0.416 e. The first kappa shape index (κ1) is 22.1. The largest absolute Gasteiger partial charge is 0.455 e. The van der Waals surface area contributed by atoms with Crippen molar-refractivity contribution in [2.24, 2.45) is 5.41 Å². The second kappa shape index (κ2) is 7.91. The van der Waals surface area contributed by atoms with Gasteiger partial charge in [0, 0.05) is 25.5 Å². The number of carbonyl (C=O) groups is 2. The summed E-state index contributed by atoms with van der Waals surface area (Å²) in [6, 6.07) is 3.90. The molecule has 0 saturated carbocycles. The molecule has 162 valence electrons. The van der Waals surface area contributed by atoms with E-state index in [-0.39, 0.29) is 29.1 Å². The fraction of sp³-hybridized carbons (Fsp3) is 0.455. The van der Waals surface area contributed by atoms with Crippen molar-refractivity contribution in [2.45, 2.75) is 45.8 Å². The van der Waals surface area contributed by atoms with Crippen LogP contribution in [0.15, 0.2) is 28.7 Å². The lowest BCUT2D eigenvalue weighted by Gasteiger charge is -2.27. The van der Waals surface area contributed by atoms with Crippen LogP contribution < -0.4 is 5.32 Å². The molecule has 0 fully saturated rings. The zero-order valence-electron chi connectivity index (χ0n) is 17.3. The maximum atomic E-state index is 13.1. The molecule has 0 bridgehead atoms. The molecule has 8 heteroatoms. The average molecular weight is 423 g/mol. The Bertz CT molecular complexity index is 975. The van der Waals surface area contributed by atoms with Crippen molar-refractivity contribution in [3.05, 3.63) is 58.0 Å². The van der Waals surface area contributed by atoms with Crippen LogP contribution in [0.25, 0.3) is 0 Å². The van der Waals surface area contributed by atoms with Crippen molar-refractivity contribution in [3.8, 4) is 0 Å². The number of hydrogen-bond acceptors (Lipinski definition) is 4. The Kier molecular flexibility index (Phi) is 5.82. The molecule has 1 aliphatic rings. The van der Waals surface area contributed by atoms with Gasteiger partial charge in [0.25, 0.3) is 5.91 Å². The normalized spacial score (nSPS) is 16.8. The van der Waals surface area contributed by atoms with E-state index in [0.29, 0.717) is 29.7 Å². The summed E-state index contributed by atoms with van der Waals surface area (Å²) in [7, 11) is 1.39. The second-order valence-electron chi connectivity index (χ2n) is 8.40. The van der Waals surface area contributed by atoms with Gasteiger partial charge < -0.3 is 14.5 Å². The Morgan fingerprint density at radius 2 is 2.00 bits per heavy atom. The van der Waals surface area contributed by atoms with E-state index in [0.717, 1.165) is 12.1 Å². The molecule has 1 amide bonds. The lowest BCUT2D eigenvalue weighted by Crippen LogP contribution is -2.31. The van der Waals surface area contributed by atoms with Gasteiger partial charge in [-0.15, -0.1) is 0 Å². The molecule has 1 aromatic carbocycles. The minimum Gasteiger partial charge on any atom is -0.455 e. The third-order valence-electron chi connectivity index (χ3n) is 5.24. The van der Waals surface area contributed by atoms with Crippen LogP contribution in [0.5, 0.6) is 0 Å². The zero-order chi connectivity index (χ0) is 22.3. The van der Waals surface area contributed by atoms with Crippen LogP contribution in [-0.4, -0.2) is 25.4 Å². The Hall–Kier alpha value is -2.61. The quantitative estimate of drug-likeness (QED) is 0.744. The summed E-state index contributed by atoms with van der Waals surface area (Å²) < 4.78 is 50.0. The Morgan fingerprint density at radius 3 is 2.63 bits per heavy atom. The minimum atomic E-state index is -4.50. The molecule has 1 aromatic heterocycles. The summed E-state index contributed by atoms with van der Waals surface area (Å²) in [5.74, 6) is -0.208. The molecule has 5 nitrogen and oxygen atoms in total. The summed E-state index contributed by atoms with van der Waals surface area (Å²) >= 11 is 0. The number of methoxy groups -OCH3 is 1. The maximum absolute atomic E-state index is 13.1. The summed E-state index contributed by atoms with van der Waals surface area (Å²) in [6.45, 7) is 5.52. The first-order chi connectivity index (χ1) is 13.9. The molecule has 0 aliphatic heterocycles. The number of alkyl halides is 3. The molecule has 1 aliphatic carbocycles. The van der Waals surface area contributed by atoms with Gasteiger partial charge in [-0.2, -0.15) is 13.2 Å². The number of halogens is 3. The smallest absolute Gasteiger partial charge is 0.416 e. The molecule has 30 heavy (non-hydrogen) atoms. The molecular formula is C22H24F3NO4. The Labute approximate surface area is 172 Å². The monoisotopic (exact) mass is 423 g/mol. The third-order valence-corrected chi connectivity index (χ3v) is 5.24. The number of furan rings is 1. The average Bonchev–Trinajstić information content (AvgIpc) is 2.96. The lowest BCUT2D eigenvalue weighted by atomic mass is 9.76. The van der Waals surface area contributed by atoms with Crippen LogP contribution in [-0.2, 0) is 17.3 Å². The molecule has 1 atom stereocenters. The highest BCUT2D eigenvalue weighted by molar-refractivity contribution is 6.03. The summed E-state index contributed by atoms with van der Waals surface area (Å²) in [6.07, 6.45) is -3.61. The number of ether oxygens (including phenoxy) is 1. The standard InChI is InChI=1S/C22H24F3NO4/c1-12-18-16(27)9-21(2,3)10-17(18)30-19(12)20(28)26-15(11-29-4)13-6-5-7-14(8-13)22(23,24)25/h5-8,15H,9-11H2,1-4H3,(H,26,28). The van der Waals surface area contributed by atoms with Crippen LogP contribution in [0, 0.1) is 12.3 Å². The molecule has 1 heterocycles. The SMILES string of the molecule is COCC(NC(=O)c1oc2c(c1C)C(=O)CC(C)(C)C2)c1cccc(C(F)(F)F)c1. The van der Waals surface area contributed by atoms with Gasteiger partial charge in [-0.3, -0.25) is 9.59 Å². The van der Waals surface area contributed by atoms with E-state index in [1.807, 2.05) is 13.8 Å². The highest BCUT2D eigenvalue weighted by atomic mass is 19.4. The van der Waals surface area contributed by atoms with Crippen molar-refractivity contribution >= 4 is 11.7 Å². The lowest BCUT2D eigenvalue weighted by molar-refractivity contribution is -0.137. The fourth-order valence-electron chi connectivity index (χ4n) is 3.84.